The molecule has 5 atom stereocenters. The molecule has 50 heavy (non-hydrogen) atoms. The molecule has 0 radical (unpaired) electrons. The van der Waals surface area contributed by atoms with Crippen molar-refractivity contribution in [2.75, 3.05) is 26.3 Å². The van der Waals surface area contributed by atoms with E-state index in [9.17, 15) is 18.3 Å². The smallest absolute Gasteiger partial charge is 0.407 e. The summed E-state index contributed by atoms with van der Waals surface area (Å²) >= 11 is 0. The number of aliphatic hydroxyl groups excluding tert-OH is 1. The lowest BCUT2D eigenvalue weighted by molar-refractivity contribution is -0.0907. The Hall–Kier alpha value is -4.65. The number of carbonyl (C=O) groups excluding carboxylic acids is 1. The number of benzene rings is 3. The summed E-state index contributed by atoms with van der Waals surface area (Å²) in [5, 5.41) is 27.5. The van der Waals surface area contributed by atoms with Gasteiger partial charge in [0.05, 0.1) is 47.8 Å². The van der Waals surface area contributed by atoms with Gasteiger partial charge in [0.1, 0.15) is 6.10 Å². The second-order valence-corrected chi connectivity index (χ2v) is 14.8. The van der Waals surface area contributed by atoms with E-state index < -0.39 is 34.4 Å². The molecule has 1 amide bonds. The lowest BCUT2D eigenvalue weighted by atomic mass is 10.0. The van der Waals surface area contributed by atoms with Crippen LogP contribution in [0.5, 0.6) is 0 Å². The van der Waals surface area contributed by atoms with Gasteiger partial charge >= 0.3 is 6.09 Å². The van der Waals surface area contributed by atoms with Crippen LogP contribution in [0.25, 0.3) is 22.8 Å². The van der Waals surface area contributed by atoms with Gasteiger partial charge in [0.25, 0.3) is 5.89 Å². The molecule has 14 heteroatoms. The Kier molecular flexibility index (Phi) is 10.9. The van der Waals surface area contributed by atoms with Crippen molar-refractivity contribution in [3.63, 3.8) is 0 Å². The number of sulfonamides is 1. The van der Waals surface area contributed by atoms with Crippen LogP contribution >= 0.6 is 0 Å². The van der Waals surface area contributed by atoms with E-state index in [-0.39, 0.29) is 60.9 Å². The van der Waals surface area contributed by atoms with E-state index in [0.29, 0.717) is 23.3 Å². The number of ether oxygens (including phenoxy) is 3. The lowest BCUT2D eigenvalue weighted by Gasteiger charge is -2.31. The van der Waals surface area contributed by atoms with Gasteiger partial charge in [-0.15, -0.1) is 0 Å². The Labute approximate surface area is 290 Å². The van der Waals surface area contributed by atoms with Crippen LogP contribution in [0.15, 0.2) is 88.3 Å². The summed E-state index contributed by atoms with van der Waals surface area (Å²) in [6.07, 6.45) is -1.90. The predicted molar refractivity (Wildman–Crippen MR) is 181 cm³/mol. The monoisotopic (exact) mass is 701 g/mol. The first kappa shape index (κ1) is 35.2. The first-order valence-corrected chi connectivity index (χ1v) is 17.9. The molecule has 2 N–H and O–H groups in total. The molecule has 0 saturated carbocycles. The summed E-state index contributed by atoms with van der Waals surface area (Å²) in [6.45, 7) is 4.39. The summed E-state index contributed by atoms with van der Waals surface area (Å²) in [7, 11) is -4.09. The molecule has 0 aliphatic carbocycles. The van der Waals surface area contributed by atoms with Gasteiger partial charge < -0.3 is 29.2 Å². The van der Waals surface area contributed by atoms with Crippen molar-refractivity contribution in [2.45, 2.75) is 56.1 Å². The number of hydrogen-bond donors (Lipinski definition) is 2. The largest absolute Gasteiger partial charge is 0.443 e. The Bertz CT molecular complexity index is 1900. The number of fused-ring (bicyclic) bond motifs is 1. The summed E-state index contributed by atoms with van der Waals surface area (Å²) in [4.78, 5) is 17.6. The highest BCUT2D eigenvalue weighted by atomic mass is 32.2. The van der Waals surface area contributed by atoms with Gasteiger partial charge in [-0.3, -0.25) is 0 Å². The summed E-state index contributed by atoms with van der Waals surface area (Å²) in [5.41, 5.74) is 2.53. The molecule has 6 rings (SSSR count). The van der Waals surface area contributed by atoms with Crippen molar-refractivity contribution in [1.29, 1.82) is 5.26 Å². The fourth-order valence-electron chi connectivity index (χ4n) is 6.11. The zero-order valence-electron chi connectivity index (χ0n) is 27.7. The van der Waals surface area contributed by atoms with Gasteiger partial charge in [-0.05, 0) is 72.9 Å². The van der Waals surface area contributed by atoms with Crippen LogP contribution in [-0.4, -0.2) is 84.9 Å². The topological polar surface area (TPSA) is 177 Å². The van der Waals surface area contributed by atoms with Crippen molar-refractivity contribution in [3.8, 4) is 28.9 Å². The fraction of sp³-hybridized carbons (Fsp3) is 0.389. The van der Waals surface area contributed by atoms with Crippen LogP contribution in [0.3, 0.4) is 0 Å². The Balaban J connectivity index is 1.17. The molecule has 2 fully saturated rings. The minimum Gasteiger partial charge on any atom is -0.443 e. The van der Waals surface area contributed by atoms with E-state index in [2.05, 4.69) is 21.5 Å². The van der Waals surface area contributed by atoms with Gasteiger partial charge in [0.15, 0.2) is 6.29 Å². The van der Waals surface area contributed by atoms with Gasteiger partial charge in [-0.1, -0.05) is 49.3 Å². The molecule has 3 heterocycles. The first-order valence-electron chi connectivity index (χ1n) is 16.5. The van der Waals surface area contributed by atoms with Crippen molar-refractivity contribution in [2.24, 2.45) is 11.8 Å². The Morgan fingerprint density at radius 1 is 1.04 bits per heavy atom. The number of nitrogens with zero attached hydrogens (tertiary/aromatic N) is 4. The predicted octanol–water partition coefficient (Wildman–Crippen LogP) is 4.38. The molecule has 2 saturated heterocycles. The minimum absolute atomic E-state index is 0.0199. The first-order chi connectivity index (χ1) is 24.1. The van der Waals surface area contributed by atoms with Gasteiger partial charge in [0, 0.05) is 24.2 Å². The normalized spacial score (nSPS) is 20.0. The van der Waals surface area contributed by atoms with Crippen molar-refractivity contribution >= 4 is 16.1 Å². The number of rotatable bonds is 13. The maximum atomic E-state index is 14.0. The van der Waals surface area contributed by atoms with Crippen LogP contribution < -0.4 is 5.32 Å². The molecule has 262 valence electrons. The second-order valence-electron chi connectivity index (χ2n) is 12.8. The molecule has 0 unspecified atom stereocenters. The summed E-state index contributed by atoms with van der Waals surface area (Å²) in [5.74, 6) is 0.408. The number of hydrogen-bond acceptors (Lipinski definition) is 11. The van der Waals surface area contributed by atoms with Crippen LogP contribution in [0.4, 0.5) is 4.79 Å². The maximum Gasteiger partial charge on any atom is 0.407 e. The third-order valence-electron chi connectivity index (χ3n) is 8.71. The fourth-order valence-corrected chi connectivity index (χ4v) is 7.73. The third-order valence-corrected chi connectivity index (χ3v) is 10.6. The third kappa shape index (κ3) is 8.20. The van der Waals surface area contributed by atoms with Crippen molar-refractivity contribution in [1.82, 2.24) is 19.8 Å². The number of alkyl carbamates (subject to hydrolysis) is 1. The second kappa shape index (κ2) is 15.5. The number of nitrogens with one attached hydrogen (secondary N) is 1. The standard InChI is InChI=1S/C36H39N5O8S/c1-23(2)20-41(50(44,45)28-14-12-26(13-15-28)33-39-34(49-40-33)27-10-8-25(19-37)9-11-27)21-31(42)30(18-24-6-4-3-5-7-24)38-36(43)48-32-22-47-35-29(32)16-17-46-35/h3-15,23,29-32,35,42H,16-18,20-22H2,1-2H3,(H,38,43)/t29-,30-,31+,32-,35+/m0/s1. The average molecular weight is 702 g/mol. The summed E-state index contributed by atoms with van der Waals surface area (Å²) < 4.78 is 51.5. The maximum absolute atomic E-state index is 14.0. The zero-order chi connectivity index (χ0) is 35.3. The number of nitriles is 1. The number of aliphatic hydroxyl groups is 1. The van der Waals surface area contributed by atoms with Gasteiger partial charge in [-0.2, -0.15) is 14.6 Å². The van der Waals surface area contributed by atoms with E-state index >= 15 is 0 Å². The highest BCUT2D eigenvalue weighted by Gasteiger charge is 2.44. The number of aromatic nitrogens is 2. The average Bonchev–Trinajstić information content (AvgIpc) is 3.88. The van der Waals surface area contributed by atoms with Crippen LogP contribution in [-0.2, 0) is 30.7 Å². The molecule has 3 aromatic carbocycles. The zero-order valence-corrected chi connectivity index (χ0v) is 28.5. The molecule has 1 aromatic heterocycles. The number of amides is 1. The van der Waals surface area contributed by atoms with Gasteiger partial charge in [-0.25, -0.2) is 13.2 Å². The molecule has 2 aliphatic rings. The van der Waals surface area contributed by atoms with E-state index in [1.807, 2.05) is 44.2 Å². The van der Waals surface area contributed by atoms with Crippen LogP contribution in [0, 0.1) is 23.2 Å². The molecular formula is C36H39N5O8S. The Morgan fingerprint density at radius 2 is 1.76 bits per heavy atom. The van der Waals surface area contributed by atoms with E-state index in [0.717, 1.165) is 12.0 Å². The quantitative estimate of drug-likeness (QED) is 0.202. The molecule has 0 bridgehead atoms. The molecular weight excluding hydrogens is 662 g/mol. The SMILES string of the molecule is CC(C)CN(C[C@@H](O)[C@H](Cc1ccccc1)NC(=O)O[C@H]1CO[C@H]2OCC[C@H]21)S(=O)(=O)c1ccc(-c2noc(-c3ccc(C#N)cc3)n2)cc1. The Morgan fingerprint density at radius 3 is 2.46 bits per heavy atom. The van der Waals surface area contributed by atoms with Gasteiger partial charge in [0.2, 0.25) is 15.8 Å². The van der Waals surface area contributed by atoms with E-state index in [1.165, 1.54) is 16.4 Å². The molecule has 0 spiro atoms. The highest BCUT2D eigenvalue weighted by molar-refractivity contribution is 7.89. The minimum atomic E-state index is -4.09. The highest BCUT2D eigenvalue weighted by Crippen LogP contribution is 2.33. The van der Waals surface area contributed by atoms with E-state index in [4.69, 9.17) is 24.0 Å². The van der Waals surface area contributed by atoms with Crippen LogP contribution in [0.2, 0.25) is 0 Å². The van der Waals surface area contributed by atoms with Crippen molar-refractivity contribution < 1.29 is 37.1 Å². The molecule has 2 aliphatic heterocycles. The molecule has 4 aromatic rings. The van der Waals surface area contributed by atoms with E-state index in [1.54, 1.807) is 36.4 Å². The van der Waals surface area contributed by atoms with Crippen molar-refractivity contribution in [3.05, 3.63) is 90.0 Å². The number of carbonyl (C=O) groups is 1. The van der Waals surface area contributed by atoms with Crippen LogP contribution in [0.1, 0.15) is 31.4 Å². The summed E-state index contributed by atoms with van der Waals surface area (Å²) in [6, 6.07) is 23.3. The molecule has 13 nitrogen and oxygen atoms in total. The lowest BCUT2D eigenvalue weighted by Crippen LogP contribution is -2.51.